The first-order valence-corrected chi connectivity index (χ1v) is 18.3. The number of aromatic nitrogens is 1. The molecule has 14 heteroatoms. The smallest absolute Gasteiger partial charge is 0.404 e. The molecule has 5 amide bonds. The van der Waals surface area contributed by atoms with E-state index in [9.17, 15) is 29.4 Å². The number of carbonyl (C=O) groups excluding carboxylic acids is 3. The lowest BCUT2D eigenvalue weighted by atomic mass is 9.83. The fraction of sp³-hybridized carbons (Fsp3) is 0.605. The van der Waals surface area contributed by atoms with Crippen LogP contribution in [0.3, 0.4) is 0 Å². The van der Waals surface area contributed by atoms with Gasteiger partial charge in [0.05, 0.1) is 48.6 Å². The molecule has 0 spiro atoms. The zero-order valence-corrected chi connectivity index (χ0v) is 31.5. The molecule has 2 aromatic rings. The zero-order chi connectivity index (χ0) is 38.4. The number of rotatable bonds is 21. The van der Waals surface area contributed by atoms with Gasteiger partial charge in [-0.3, -0.25) is 20.0 Å². The van der Waals surface area contributed by atoms with Crippen LogP contribution in [0.25, 0.3) is 0 Å². The Balaban J connectivity index is 1.86. The van der Waals surface area contributed by atoms with Gasteiger partial charge in [0.15, 0.2) is 0 Å². The molecule has 7 N–H and O–H groups in total. The summed E-state index contributed by atoms with van der Waals surface area (Å²) in [7, 11) is 0. The van der Waals surface area contributed by atoms with Gasteiger partial charge in [-0.15, -0.1) is 0 Å². The highest BCUT2D eigenvalue weighted by molar-refractivity contribution is 5.83. The average Bonchev–Trinajstić information content (AvgIpc) is 3.44. The lowest BCUT2D eigenvalue weighted by Gasteiger charge is -2.36. The average molecular weight is 726 g/mol. The predicted octanol–water partition coefficient (Wildman–Crippen LogP) is 3.28. The number of carboxylic acid groups (broad SMARTS) is 1. The summed E-state index contributed by atoms with van der Waals surface area (Å²) in [5, 5.41) is 40.5. The number of nitrogens with one attached hydrogen (secondary N) is 4. The van der Waals surface area contributed by atoms with Crippen molar-refractivity contribution in [3.05, 3.63) is 65.5 Å². The number of urea groups is 1. The maximum Gasteiger partial charge on any atom is 0.404 e. The summed E-state index contributed by atoms with van der Waals surface area (Å²) in [5.41, 5.74) is 4.27. The summed E-state index contributed by atoms with van der Waals surface area (Å²) in [5.74, 6) is -1.02. The number of benzene rings is 1. The highest BCUT2D eigenvalue weighted by atomic mass is 16.4. The van der Waals surface area contributed by atoms with Crippen LogP contribution in [0, 0.1) is 23.2 Å². The van der Waals surface area contributed by atoms with Gasteiger partial charge in [-0.25, -0.2) is 14.6 Å². The molecule has 0 aliphatic carbocycles. The molecular weight excluding hydrogens is 666 g/mol. The number of aliphatic hydroxyl groups is 2. The Morgan fingerprint density at radius 3 is 2.40 bits per heavy atom. The topological polar surface area (TPSA) is 196 Å². The van der Waals surface area contributed by atoms with Crippen LogP contribution in [0.4, 0.5) is 9.59 Å². The molecule has 1 aliphatic heterocycles. The van der Waals surface area contributed by atoms with Crippen LogP contribution < -0.4 is 21.4 Å². The number of carbonyl (C=O) groups is 4. The molecule has 0 bridgehead atoms. The second-order valence-corrected chi connectivity index (χ2v) is 15.1. The standard InChI is InChI=1S/C38H59N7O7/c1-7-26(4)34(31-20-39-36(50)45(31)21-28-14-11-15-29(23-46)41-28)35(49)42-30(18-27-12-9-8-10-13-27)32(47)22-44(17-16-25(2)3)43-33(48)19-38(5,6)24-40-37(51)52/h8-15,25-26,30-32,34,40,46-47H,7,16-24H2,1-6H3,(H,39,50)(H,42,49)(H,43,48)(H,51,52)/t26-,30-,31?,32-,34-/m0/s1. The summed E-state index contributed by atoms with van der Waals surface area (Å²) in [6, 6.07) is 13.3. The number of hydrazine groups is 1. The molecular formula is C38H59N7O7. The van der Waals surface area contributed by atoms with Crippen LogP contribution in [0.2, 0.25) is 0 Å². The first kappa shape index (κ1) is 42.1. The number of pyridine rings is 1. The van der Waals surface area contributed by atoms with Crippen LogP contribution in [0.1, 0.15) is 77.8 Å². The molecule has 0 saturated carbocycles. The van der Waals surface area contributed by atoms with Crippen LogP contribution in [0.15, 0.2) is 48.5 Å². The van der Waals surface area contributed by atoms with Crippen LogP contribution >= 0.6 is 0 Å². The number of hydrogen-bond acceptors (Lipinski definition) is 8. The minimum Gasteiger partial charge on any atom is -0.465 e. The Bertz CT molecular complexity index is 1460. The van der Waals surface area contributed by atoms with Crippen molar-refractivity contribution >= 4 is 23.9 Å². The number of amides is 5. The maximum atomic E-state index is 14.4. The van der Waals surface area contributed by atoms with Crippen molar-refractivity contribution in [2.75, 3.05) is 26.2 Å². The van der Waals surface area contributed by atoms with E-state index in [0.29, 0.717) is 36.7 Å². The monoisotopic (exact) mass is 725 g/mol. The van der Waals surface area contributed by atoms with Crippen LogP contribution in [0.5, 0.6) is 0 Å². The van der Waals surface area contributed by atoms with E-state index in [2.05, 4.69) is 40.2 Å². The van der Waals surface area contributed by atoms with E-state index < -0.39 is 35.6 Å². The second-order valence-electron chi connectivity index (χ2n) is 15.1. The predicted molar refractivity (Wildman–Crippen MR) is 198 cm³/mol. The van der Waals surface area contributed by atoms with E-state index in [0.717, 1.165) is 12.0 Å². The third-order valence-corrected chi connectivity index (χ3v) is 9.57. The summed E-state index contributed by atoms with van der Waals surface area (Å²) in [6.07, 6.45) is -0.478. The summed E-state index contributed by atoms with van der Waals surface area (Å²) >= 11 is 0. The molecule has 52 heavy (non-hydrogen) atoms. The van der Waals surface area contributed by atoms with Crippen LogP contribution in [-0.4, -0.2) is 98.5 Å². The van der Waals surface area contributed by atoms with Crippen molar-refractivity contribution in [3.8, 4) is 0 Å². The SMILES string of the molecule is CC[C@H](C)[C@H](C(=O)N[C@@H](Cc1ccccc1)[C@@H](O)CN(CCC(C)C)NC(=O)CC(C)(C)CNC(=O)O)C1CNC(=O)N1Cc1cccc(CO)n1. The third kappa shape index (κ3) is 13.4. The number of nitrogens with zero attached hydrogens (tertiary/aromatic N) is 3. The minimum absolute atomic E-state index is 0.0283. The van der Waals surface area contributed by atoms with E-state index in [-0.39, 0.29) is 63.0 Å². The minimum atomic E-state index is -1.16. The molecule has 3 rings (SSSR count). The molecule has 1 saturated heterocycles. The van der Waals surface area contributed by atoms with Crippen molar-refractivity contribution in [1.82, 2.24) is 36.3 Å². The number of aliphatic hydroxyl groups excluding tert-OH is 2. The lowest BCUT2D eigenvalue weighted by Crippen LogP contribution is -2.56. The van der Waals surface area contributed by atoms with Crippen molar-refractivity contribution < 1.29 is 34.5 Å². The largest absolute Gasteiger partial charge is 0.465 e. The molecule has 288 valence electrons. The van der Waals surface area contributed by atoms with E-state index in [4.69, 9.17) is 5.11 Å². The van der Waals surface area contributed by atoms with E-state index in [1.807, 2.05) is 44.2 Å². The van der Waals surface area contributed by atoms with Crippen molar-refractivity contribution in [3.63, 3.8) is 0 Å². The summed E-state index contributed by atoms with van der Waals surface area (Å²) < 4.78 is 0. The van der Waals surface area contributed by atoms with Crippen molar-refractivity contribution in [2.24, 2.45) is 23.2 Å². The Hall–Kier alpha value is -4.27. The molecule has 1 aromatic carbocycles. The lowest BCUT2D eigenvalue weighted by molar-refractivity contribution is -0.132. The Morgan fingerprint density at radius 2 is 1.77 bits per heavy atom. The zero-order valence-electron chi connectivity index (χ0n) is 31.5. The molecule has 2 heterocycles. The maximum absolute atomic E-state index is 14.4. The molecule has 0 radical (unpaired) electrons. The molecule has 1 aromatic heterocycles. The van der Waals surface area contributed by atoms with Gasteiger partial charge >= 0.3 is 12.1 Å². The number of hydrogen-bond donors (Lipinski definition) is 7. The fourth-order valence-electron chi connectivity index (χ4n) is 6.43. The summed E-state index contributed by atoms with van der Waals surface area (Å²) in [6.45, 7) is 12.5. The Labute approximate surface area is 307 Å². The fourth-order valence-corrected chi connectivity index (χ4v) is 6.43. The molecule has 1 unspecified atom stereocenters. The quantitative estimate of drug-likeness (QED) is 0.0945. The van der Waals surface area contributed by atoms with E-state index in [1.54, 1.807) is 42.0 Å². The highest BCUT2D eigenvalue weighted by Crippen LogP contribution is 2.28. The molecule has 1 fully saturated rings. The molecule has 1 aliphatic rings. The van der Waals surface area contributed by atoms with Gasteiger partial charge in [0, 0.05) is 32.6 Å². The van der Waals surface area contributed by atoms with E-state index in [1.165, 1.54) is 0 Å². The molecule has 5 atom stereocenters. The first-order valence-electron chi connectivity index (χ1n) is 18.3. The second kappa shape index (κ2) is 20.1. The third-order valence-electron chi connectivity index (χ3n) is 9.57. The van der Waals surface area contributed by atoms with Gasteiger partial charge in [0.25, 0.3) is 0 Å². The van der Waals surface area contributed by atoms with Gasteiger partial charge in [-0.2, -0.15) is 0 Å². The van der Waals surface area contributed by atoms with Gasteiger partial charge in [-0.1, -0.05) is 84.4 Å². The van der Waals surface area contributed by atoms with Gasteiger partial charge in [-0.05, 0) is 47.8 Å². The normalized spacial score (nSPS) is 17.0. The highest BCUT2D eigenvalue weighted by Gasteiger charge is 2.43. The summed E-state index contributed by atoms with van der Waals surface area (Å²) in [4.78, 5) is 57.9. The Morgan fingerprint density at radius 1 is 1.08 bits per heavy atom. The van der Waals surface area contributed by atoms with Crippen molar-refractivity contribution in [2.45, 2.75) is 98.6 Å². The van der Waals surface area contributed by atoms with Gasteiger partial charge in [0.2, 0.25) is 11.8 Å². The van der Waals surface area contributed by atoms with Gasteiger partial charge < -0.3 is 36.2 Å². The molecule has 14 nitrogen and oxygen atoms in total. The van der Waals surface area contributed by atoms with Gasteiger partial charge in [0.1, 0.15) is 0 Å². The van der Waals surface area contributed by atoms with E-state index >= 15 is 0 Å². The Kier molecular flexibility index (Phi) is 16.3. The van der Waals surface area contributed by atoms with Crippen LogP contribution in [-0.2, 0) is 29.2 Å². The van der Waals surface area contributed by atoms with Crippen molar-refractivity contribution in [1.29, 1.82) is 0 Å². The first-order chi connectivity index (χ1) is 24.6.